The number of carbonyl (C=O) groups is 1. The third-order valence-electron chi connectivity index (χ3n) is 5.42. The summed E-state index contributed by atoms with van der Waals surface area (Å²) in [6.07, 6.45) is 1.13. The first-order valence-electron chi connectivity index (χ1n) is 10.3. The Labute approximate surface area is 182 Å². The molecular formula is C22H26N2O6S. The van der Waals surface area contributed by atoms with Crippen molar-refractivity contribution in [1.82, 2.24) is 9.21 Å². The topological polar surface area (TPSA) is 85.4 Å². The van der Waals surface area contributed by atoms with Crippen molar-refractivity contribution in [1.29, 1.82) is 0 Å². The lowest BCUT2D eigenvalue weighted by Crippen LogP contribution is -2.47. The molecule has 0 saturated carbocycles. The highest BCUT2D eigenvalue weighted by molar-refractivity contribution is 7.89. The SMILES string of the molecule is CN(CCOc1ccccc1)C(=O)C1CCCN1S(=O)(=O)c1ccc2c(c1)OCCO2. The van der Waals surface area contributed by atoms with Crippen molar-refractivity contribution in [2.24, 2.45) is 0 Å². The van der Waals surface area contributed by atoms with Gasteiger partial charge in [-0.05, 0) is 37.1 Å². The Morgan fingerprint density at radius 1 is 1.13 bits per heavy atom. The van der Waals surface area contributed by atoms with Crippen LogP contribution in [-0.4, -0.2) is 69.5 Å². The number of carbonyl (C=O) groups excluding carboxylic acids is 1. The Balaban J connectivity index is 1.43. The lowest BCUT2D eigenvalue weighted by molar-refractivity contribution is -0.133. The second kappa shape index (κ2) is 9.15. The maximum absolute atomic E-state index is 13.3. The zero-order valence-corrected chi connectivity index (χ0v) is 18.2. The van der Waals surface area contributed by atoms with Crippen LogP contribution in [0.5, 0.6) is 17.2 Å². The number of rotatable bonds is 7. The molecule has 166 valence electrons. The normalized spacial score (nSPS) is 18.5. The molecule has 2 aromatic carbocycles. The predicted octanol–water partition coefficient (Wildman–Crippen LogP) is 2.15. The van der Waals surface area contributed by atoms with Gasteiger partial charge >= 0.3 is 0 Å². The van der Waals surface area contributed by atoms with Gasteiger partial charge in [0.2, 0.25) is 15.9 Å². The number of benzene rings is 2. The van der Waals surface area contributed by atoms with Gasteiger partial charge in [-0.1, -0.05) is 18.2 Å². The number of nitrogens with zero attached hydrogens (tertiary/aromatic N) is 2. The number of ether oxygens (including phenoxy) is 3. The van der Waals surface area contributed by atoms with E-state index in [1.54, 1.807) is 13.1 Å². The average molecular weight is 447 g/mol. The van der Waals surface area contributed by atoms with Crippen molar-refractivity contribution in [3.8, 4) is 17.2 Å². The van der Waals surface area contributed by atoms with Gasteiger partial charge in [-0.15, -0.1) is 0 Å². The summed E-state index contributed by atoms with van der Waals surface area (Å²) < 4.78 is 44.5. The molecule has 2 aliphatic rings. The lowest BCUT2D eigenvalue weighted by Gasteiger charge is -2.28. The van der Waals surface area contributed by atoms with Crippen molar-refractivity contribution in [2.75, 3.05) is 40.0 Å². The fourth-order valence-electron chi connectivity index (χ4n) is 3.78. The first-order chi connectivity index (χ1) is 15.0. The van der Waals surface area contributed by atoms with Gasteiger partial charge in [0.15, 0.2) is 11.5 Å². The van der Waals surface area contributed by atoms with E-state index < -0.39 is 16.1 Å². The maximum Gasteiger partial charge on any atom is 0.243 e. The van der Waals surface area contributed by atoms with Crippen LogP contribution in [0.3, 0.4) is 0 Å². The Kier molecular flexibility index (Phi) is 6.33. The van der Waals surface area contributed by atoms with Gasteiger partial charge in [0.05, 0.1) is 11.4 Å². The lowest BCUT2D eigenvalue weighted by atomic mass is 10.2. The number of hydrogen-bond donors (Lipinski definition) is 0. The minimum atomic E-state index is -3.84. The molecule has 1 amide bonds. The summed E-state index contributed by atoms with van der Waals surface area (Å²) in [5, 5.41) is 0. The van der Waals surface area contributed by atoms with Crippen LogP contribution in [0.25, 0.3) is 0 Å². The smallest absolute Gasteiger partial charge is 0.243 e. The van der Waals surface area contributed by atoms with E-state index in [0.717, 1.165) is 5.75 Å². The molecule has 0 bridgehead atoms. The molecule has 0 radical (unpaired) electrons. The van der Waals surface area contributed by atoms with Crippen LogP contribution in [0.15, 0.2) is 53.4 Å². The summed E-state index contributed by atoms with van der Waals surface area (Å²) in [5.74, 6) is 1.43. The van der Waals surface area contributed by atoms with Crippen molar-refractivity contribution >= 4 is 15.9 Å². The molecule has 8 nitrogen and oxygen atoms in total. The van der Waals surface area contributed by atoms with Crippen LogP contribution in [-0.2, 0) is 14.8 Å². The molecule has 2 heterocycles. The first-order valence-corrected chi connectivity index (χ1v) is 11.7. The third kappa shape index (κ3) is 4.62. The average Bonchev–Trinajstić information content (AvgIpc) is 3.30. The zero-order chi connectivity index (χ0) is 21.8. The summed E-state index contributed by atoms with van der Waals surface area (Å²) >= 11 is 0. The van der Waals surface area contributed by atoms with Crippen LogP contribution in [0.4, 0.5) is 0 Å². The van der Waals surface area contributed by atoms with Gasteiger partial charge in [0.1, 0.15) is 31.6 Å². The minimum absolute atomic E-state index is 0.103. The van der Waals surface area contributed by atoms with Crippen LogP contribution >= 0.6 is 0 Å². The highest BCUT2D eigenvalue weighted by Gasteiger charge is 2.40. The molecule has 9 heteroatoms. The fraction of sp³-hybridized carbons (Fsp3) is 0.409. The molecule has 4 rings (SSSR count). The largest absolute Gasteiger partial charge is 0.492 e. The molecule has 0 N–H and O–H groups in total. The van der Waals surface area contributed by atoms with Crippen molar-refractivity contribution < 1.29 is 27.4 Å². The molecule has 1 saturated heterocycles. The van der Waals surface area contributed by atoms with Crippen LogP contribution < -0.4 is 14.2 Å². The van der Waals surface area contributed by atoms with Crippen molar-refractivity contribution in [3.05, 3.63) is 48.5 Å². The molecule has 2 aromatic rings. The van der Waals surface area contributed by atoms with Crippen LogP contribution in [0.2, 0.25) is 0 Å². The zero-order valence-electron chi connectivity index (χ0n) is 17.4. The minimum Gasteiger partial charge on any atom is -0.492 e. The summed E-state index contributed by atoms with van der Waals surface area (Å²) in [7, 11) is -2.17. The van der Waals surface area contributed by atoms with Gasteiger partial charge < -0.3 is 19.1 Å². The molecule has 1 unspecified atom stereocenters. The monoisotopic (exact) mass is 446 g/mol. The Morgan fingerprint density at radius 2 is 1.87 bits per heavy atom. The van der Waals surface area contributed by atoms with Gasteiger partial charge in [-0.25, -0.2) is 8.42 Å². The molecule has 0 aliphatic carbocycles. The molecule has 0 spiro atoms. The Morgan fingerprint density at radius 3 is 2.65 bits per heavy atom. The quantitative estimate of drug-likeness (QED) is 0.648. The van der Waals surface area contributed by atoms with Gasteiger partial charge in [0.25, 0.3) is 0 Å². The molecule has 31 heavy (non-hydrogen) atoms. The Bertz CT molecular complexity index is 1030. The van der Waals surface area contributed by atoms with E-state index in [-0.39, 0.29) is 10.8 Å². The van der Waals surface area contributed by atoms with Gasteiger partial charge in [0, 0.05) is 19.7 Å². The molecule has 2 aliphatic heterocycles. The van der Waals surface area contributed by atoms with Gasteiger partial charge in [-0.2, -0.15) is 4.31 Å². The first kappa shape index (κ1) is 21.5. The number of sulfonamides is 1. The third-order valence-corrected chi connectivity index (χ3v) is 7.33. The van der Waals surface area contributed by atoms with E-state index >= 15 is 0 Å². The predicted molar refractivity (Wildman–Crippen MR) is 114 cm³/mol. The second-order valence-electron chi connectivity index (χ2n) is 7.50. The van der Waals surface area contributed by atoms with E-state index in [2.05, 4.69) is 0 Å². The summed E-state index contributed by atoms with van der Waals surface area (Å²) in [6.45, 7) is 1.80. The summed E-state index contributed by atoms with van der Waals surface area (Å²) in [4.78, 5) is 14.7. The highest BCUT2D eigenvalue weighted by Crippen LogP contribution is 2.35. The highest BCUT2D eigenvalue weighted by atomic mass is 32.2. The number of likely N-dealkylation sites (N-methyl/N-ethyl adjacent to an activating group) is 1. The van der Waals surface area contributed by atoms with Gasteiger partial charge in [-0.3, -0.25) is 4.79 Å². The van der Waals surface area contributed by atoms with E-state index in [0.29, 0.717) is 57.3 Å². The molecule has 1 fully saturated rings. The second-order valence-corrected chi connectivity index (χ2v) is 9.39. The Hall–Kier alpha value is -2.78. The standard InChI is InChI=1S/C22H26N2O6S/c1-23(12-13-28-17-6-3-2-4-7-17)22(25)19-8-5-11-24(19)31(26,27)18-9-10-20-21(16-18)30-15-14-29-20/h2-4,6-7,9-10,16,19H,5,8,11-15H2,1H3. The number of fused-ring (bicyclic) bond motifs is 1. The van der Waals surface area contributed by atoms with E-state index in [4.69, 9.17) is 14.2 Å². The van der Waals surface area contributed by atoms with E-state index in [1.165, 1.54) is 21.3 Å². The fourth-order valence-corrected chi connectivity index (χ4v) is 5.44. The molecule has 0 aromatic heterocycles. The van der Waals surface area contributed by atoms with E-state index in [1.807, 2.05) is 30.3 Å². The summed E-state index contributed by atoms with van der Waals surface area (Å²) in [5.41, 5.74) is 0. The van der Waals surface area contributed by atoms with Crippen LogP contribution in [0, 0.1) is 0 Å². The number of para-hydroxylation sites is 1. The molecule has 1 atom stereocenters. The van der Waals surface area contributed by atoms with Crippen molar-refractivity contribution in [3.63, 3.8) is 0 Å². The molecular weight excluding hydrogens is 420 g/mol. The van der Waals surface area contributed by atoms with Crippen LogP contribution in [0.1, 0.15) is 12.8 Å². The van der Waals surface area contributed by atoms with Crippen molar-refractivity contribution in [2.45, 2.75) is 23.8 Å². The number of amides is 1. The van der Waals surface area contributed by atoms with E-state index in [9.17, 15) is 13.2 Å². The summed E-state index contributed by atoms with van der Waals surface area (Å²) in [6, 6.07) is 13.2. The maximum atomic E-state index is 13.3. The number of hydrogen-bond acceptors (Lipinski definition) is 6.